The van der Waals surface area contributed by atoms with Crippen molar-refractivity contribution in [3.05, 3.63) is 101 Å². The van der Waals surface area contributed by atoms with Crippen molar-refractivity contribution in [2.24, 2.45) is 5.92 Å². The van der Waals surface area contributed by atoms with E-state index in [1.54, 1.807) is 24.3 Å². The molecular formula is C30H29F3N2O. The number of amides is 1. The number of hydrogen-bond donors (Lipinski definition) is 1. The van der Waals surface area contributed by atoms with Gasteiger partial charge in [0.25, 0.3) is 5.91 Å². The Labute approximate surface area is 209 Å². The van der Waals surface area contributed by atoms with Crippen molar-refractivity contribution in [2.75, 3.05) is 18.4 Å². The summed E-state index contributed by atoms with van der Waals surface area (Å²) < 4.78 is 38.8. The maximum Gasteiger partial charge on any atom is 0.416 e. The van der Waals surface area contributed by atoms with Crippen LogP contribution in [-0.4, -0.2) is 23.9 Å². The van der Waals surface area contributed by atoms with Gasteiger partial charge in [-0.25, -0.2) is 0 Å². The van der Waals surface area contributed by atoms with Crippen LogP contribution in [0, 0.1) is 5.92 Å². The van der Waals surface area contributed by atoms with Crippen molar-refractivity contribution in [2.45, 2.75) is 38.4 Å². The van der Waals surface area contributed by atoms with Crippen LogP contribution >= 0.6 is 0 Å². The predicted octanol–water partition coefficient (Wildman–Crippen LogP) is 7.34. The first-order chi connectivity index (χ1) is 17.4. The van der Waals surface area contributed by atoms with E-state index in [1.165, 1.54) is 42.5 Å². The zero-order chi connectivity index (χ0) is 25.1. The second-order valence-corrected chi connectivity index (χ2v) is 9.69. The second-order valence-electron chi connectivity index (χ2n) is 9.69. The van der Waals surface area contributed by atoms with Gasteiger partial charge in [-0.2, -0.15) is 13.2 Å². The summed E-state index contributed by atoms with van der Waals surface area (Å²) in [5.74, 6) is 0.452. The van der Waals surface area contributed by atoms with Crippen LogP contribution in [0.3, 0.4) is 0 Å². The summed E-state index contributed by atoms with van der Waals surface area (Å²) in [6.45, 7) is 3.07. The molecule has 0 aromatic heterocycles. The first-order valence-electron chi connectivity index (χ1n) is 12.4. The third kappa shape index (κ3) is 5.54. The highest BCUT2D eigenvalue weighted by atomic mass is 19.4. The Morgan fingerprint density at radius 1 is 0.972 bits per heavy atom. The maximum atomic E-state index is 13.2. The molecule has 0 saturated heterocycles. The lowest BCUT2D eigenvalue weighted by Crippen LogP contribution is -2.35. The fourth-order valence-corrected chi connectivity index (χ4v) is 5.20. The zero-order valence-corrected chi connectivity index (χ0v) is 20.0. The number of nitrogens with zero attached hydrogens (tertiary/aromatic N) is 1. The van der Waals surface area contributed by atoms with E-state index in [4.69, 9.17) is 0 Å². The van der Waals surface area contributed by atoms with E-state index in [-0.39, 0.29) is 5.91 Å². The number of allylic oxidation sites excluding steroid dienone is 2. The Balaban J connectivity index is 1.28. The van der Waals surface area contributed by atoms with Gasteiger partial charge >= 0.3 is 6.18 Å². The van der Waals surface area contributed by atoms with Crippen LogP contribution in [0.25, 0.3) is 11.1 Å². The molecule has 0 fully saturated rings. The molecule has 3 aromatic carbocycles. The molecule has 2 aliphatic rings. The standard InChI is InChI=1S/C30H29F3N2O/c31-30(32,33)25-13-10-22(11-14-25)27-8-4-5-9-28(27)29(36)34-26-15-12-24-20-35(17-16-23(24)18-26)19-21-6-2-1-3-7-21/h1-2,4-5,8-15,18,21H,3,6-7,16-17,19-20H2,(H,34,36). The molecule has 1 unspecified atom stereocenters. The average Bonchev–Trinajstić information content (AvgIpc) is 2.89. The third-order valence-corrected chi connectivity index (χ3v) is 7.14. The first kappa shape index (κ1) is 24.3. The van der Waals surface area contributed by atoms with E-state index in [0.29, 0.717) is 16.7 Å². The number of nitrogens with one attached hydrogen (secondary N) is 1. The monoisotopic (exact) mass is 490 g/mol. The van der Waals surface area contributed by atoms with Crippen LogP contribution in [0.4, 0.5) is 18.9 Å². The van der Waals surface area contributed by atoms with Gasteiger partial charge in [0.2, 0.25) is 0 Å². The van der Waals surface area contributed by atoms with Crippen molar-refractivity contribution < 1.29 is 18.0 Å². The van der Waals surface area contributed by atoms with Crippen LogP contribution < -0.4 is 5.32 Å². The average molecular weight is 491 g/mol. The van der Waals surface area contributed by atoms with E-state index in [1.807, 2.05) is 6.07 Å². The molecule has 0 radical (unpaired) electrons. The Morgan fingerprint density at radius 2 is 1.78 bits per heavy atom. The minimum Gasteiger partial charge on any atom is -0.322 e. The molecule has 1 N–H and O–H groups in total. The predicted molar refractivity (Wildman–Crippen MR) is 137 cm³/mol. The number of fused-ring (bicyclic) bond motifs is 1. The molecule has 0 saturated carbocycles. The van der Waals surface area contributed by atoms with Gasteiger partial charge in [-0.3, -0.25) is 9.69 Å². The zero-order valence-electron chi connectivity index (χ0n) is 20.0. The van der Waals surface area contributed by atoms with E-state index in [9.17, 15) is 18.0 Å². The summed E-state index contributed by atoms with van der Waals surface area (Å²) in [4.78, 5) is 15.7. The van der Waals surface area contributed by atoms with Gasteiger partial charge in [-0.15, -0.1) is 0 Å². The largest absolute Gasteiger partial charge is 0.416 e. The third-order valence-electron chi connectivity index (χ3n) is 7.14. The molecule has 5 rings (SSSR count). The van der Waals surface area contributed by atoms with Crippen LogP contribution in [-0.2, 0) is 19.1 Å². The molecule has 1 aliphatic heterocycles. The molecule has 1 heterocycles. The molecule has 3 nitrogen and oxygen atoms in total. The van der Waals surface area contributed by atoms with Gasteiger partial charge in [-0.05, 0) is 84.2 Å². The Morgan fingerprint density at radius 3 is 2.53 bits per heavy atom. The highest BCUT2D eigenvalue weighted by molar-refractivity contribution is 6.08. The molecule has 6 heteroatoms. The topological polar surface area (TPSA) is 32.3 Å². The van der Waals surface area contributed by atoms with Crippen LogP contribution in [0.5, 0.6) is 0 Å². The molecule has 0 spiro atoms. The number of benzene rings is 3. The molecular weight excluding hydrogens is 461 g/mol. The summed E-state index contributed by atoms with van der Waals surface area (Å²) >= 11 is 0. The summed E-state index contributed by atoms with van der Waals surface area (Å²) in [5.41, 5.74) is 4.15. The molecule has 0 bridgehead atoms. The summed E-state index contributed by atoms with van der Waals surface area (Å²) in [7, 11) is 0. The summed E-state index contributed by atoms with van der Waals surface area (Å²) in [6, 6.07) is 18.0. The second kappa shape index (κ2) is 10.3. The van der Waals surface area contributed by atoms with Crippen LogP contribution in [0.2, 0.25) is 0 Å². The Kier molecular flexibility index (Phi) is 6.97. The van der Waals surface area contributed by atoms with Crippen molar-refractivity contribution in [3.63, 3.8) is 0 Å². The Hall–Kier alpha value is -3.38. The normalized spacial score (nSPS) is 18.0. The van der Waals surface area contributed by atoms with Gasteiger partial charge in [0, 0.05) is 30.9 Å². The minimum absolute atomic E-state index is 0.284. The van der Waals surface area contributed by atoms with Crippen LogP contribution in [0.1, 0.15) is 46.3 Å². The van der Waals surface area contributed by atoms with Crippen molar-refractivity contribution in [1.82, 2.24) is 4.90 Å². The number of rotatable bonds is 5. The number of carbonyl (C=O) groups is 1. The molecule has 36 heavy (non-hydrogen) atoms. The van der Waals surface area contributed by atoms with Crippen molar-refractivity contribution >= 4 is 11.6 Å². The van der Waals surface area contributed by atoms with Crippen LogP contribution in [0.15, 0.2) is 78.9 Å². The molecule has 3 aromatic rings. The molecule has 1 amide bonds. The number of halogens is 3. The van der Waals surface area contributed by atoms with Gasteiger partial charge in [-0.1, -0.05) is 48.6 Å². The number of carbonyl (C=O) groups excluding carboxylic acids is 1. The lowest BCUT2D eigenvalue weighted by molar-refractivity contribution is -0.137. The van der Waals surface area contributed by atoms with E-state index in [0.717, 1.165) is 49.8 Å². The highest BCUT2D eigenvalue weighted by Crippen LogP contribution is 2.32. The number of alkyl halides is 3. The SMILES string of the molecule is O=C(Nc1ccc2c(c1)CCN(CC1CC=CCC1)C2)c1ccccc1-c1ccc(C(F)(F)F)cc1. The van der Waals surface area contributed by atoms with Gasteiger partial charge in [0.1, 0.15) is 0 Å². The van der Waals surface area contributed by atoms with E-state index < -0.39 is 11.7 Å². The first-order valence-corrected chi connectivity index (χ1v) is 12.4. The summed E-state index contributed by atoms with van der Waals surface area (Å²) in [6.07, 6.45) is 4.74. The minimum atomic E-state index is -4.40. The lowest BCUT2D eigenvalue weighted by Gasteiger charge is -2.32. The smallest absolute Gasteiger partial charge is 0.322 e. The highest BCUT2D eigenvalue weighted by Gasteiger charge is 2.30. The van der Waals surface area contributed by atoms with Crippen molar-refractivity contribution in [3.8, 4) is 11.1 Å². The van der Waals surface area contributed by atoms with E-state index >= 15 is 0 Å². The summed E-state index contributed by atoms with van der Waals surface area (Å²) in [5, 5.41) is 2.99. The van der Waals surface area contributed by atoms with E-state index in [2.05, 4.69) is 34.5 Å². The quantitative estimate of drug-likeness (QED) is 0.380. The lowest BCUT2D eigenvalue weighted by atomic mass is 9.92. The Bertz CT molecular complexity index is 1260. The number of hydrogen-bond acceptors (Lipinski definition) is 2. The number of anilines is 1. The fourth-order valence-electron chi connectivity index (χ4n) is 5.20. The molecule has 186 valence electrons. The molecule has 1 aliphatic carbocycles. The van der Waals surface area contributed by atoms with Gasteiger partial charge < -0.3 is 5.32 Å². The van der Waals surface area contributed by atoms with Gasteiger partial charge in [0.15, 0.2) is 0 Å². The van der Waals surface area contributed by atoms with Gasteiger partial charge in [0.05, 0.1) is 5.56 Å². The molecule has 1 atom stereocenters. The maximum absolute atomic E-state index is 13.2. The van der Waals surface area contributed by atoms with Crippen molar-refractivity contribution in [1.29, 1.82) is 0 Å². The fraction of sp³-hybridized carbons (Fsp3) is 0.300.